The van der Waals surface area contributed by atoms with E-state index in [2.05, 4.69) is 23.2 Å². The molecule has 0 bridgehead atoms. The van der Waals surface area contributed by atoms with Crippen LogP contribution < -0.4 is 5.73 Å². The molecule has 0 spiro atoms. The maximum Gasteiger partial charge on any atom is 0.123 e. The Hall–Kier alpha value is -2.15. The Morgan fingerprint density at radius 1 is 1.47 bits per heavy atom. The lowest BCUT2D eigenvalue weighted by atomic mass is 9.90. The number of benzene rings is 1. The average Bonchev–Trinajstić information content (AvgIpc) is 2.38. The van der Waals surface area contributed by atoms with Crippen molar-refractivity contribution in [2.24, 2.45) is 21.9 Å². The van der Waals surface area contributed by atoms with Crippen molar-refractivity contribution in [1.29, 1.82) is 5.26 Å². The second-order valence-electron chi connectivity index (χ2n) is 4.08. The summed E-state index contributed by atoms with van der Waals surface area (Å²) in [5.41, 5.74) is 8.22. The van der Waals surface area contributed by atoms with Crippen LogP contribution in [0.4, 0.5) is 0 Å². The number of nitrogens with two attached hydrogens (primary N) is 1. The summed E-state index contributed by atoms with van der Waals surface area (Å²) in [5, 5.41) is 17.0. The largest absolute Gasteiger partial charge is 0.386 e. The molecule has 4 heteroatoms. The molecule has 0 amide bonds. The smallest absolute Gasteiger partial charge is 0.123 e. The van der Waals surface area contributed by atoms with Crippen LogP contribution in [0.1, 0.15) is 30.9 Å². The van der Waals surface area contributed by atoms with E-state index in [0.717, 1.165) is 24.1 Å². The van der Waals surface area contributed by atoms with E-state index < -0.39 is 0 Å². The molecule has 1 aromatic carbocycles. The SMILES string of the molecule is CCC1CC(N)=NN=C1c1cccc(C#N)c1. The number of hydrogen-bond donors (Lipinski definition) is 1. The third kappa shape index (κ3) is 2.34. The van der Waals surface area contributed by atoms with Crippen molar-refractivity contribution in [3.8, 4) is 6.07 Å². The van der Waals surface area contributed by atoms with Gasteiger partial charge in [-0.2, -0.15) is 10.4 Å². The maximum atomic E-state index is 8.89. The number of rotatable bonds is 2. The minimum absolute atomic E-state index is 0.293. The van der Waals surface area contributed by atoms with Gasteiger partial charge in [0.1, 0.15) is 5.84 Å². The van der Waals surface area contributed by atoms with Gasteiger partial charge >= 0.3 is 0 Å². The van der Waals surface area contributed by atoms with Gasteiger partial charge in [0.2, 0.25) is 0 Å². The molecule has 0 fully saturated rings. The molecule has 2 N–H and O–H groups in total. The molecule has 17 heavy (non-hydrogen) atoms. The third-order valence-electron chi connectivity index (χ3n) is 2.91. The average molecular weight is 226 g/mol. The van der Waals surface area contributed by atoms with Crippen molar-refractivity contribution < 1.29 is 0 Å². The Bertz CT molecular complexity index is 522. The lowest BCUT2D eigenvalue weighted by Crippen LogP contribution is -2.26. The fourth-order valence-electron chi connectivity index (χ4n) is 1.97. The Kier molecular flexibility index (Phi) is 3.20. The van der Waals surface area contributed by atoms with E-state index in [1.54, 1.807) is 6.07 Å². The highest BCUT2D eigenvalue weighted by Gasteiger charge is 2.21. The second-order valence-corrected chi connectivity index (χ2v) is 4.08. The molecule has 1 unspecified atom stereocenters. The molecular weight excluding hydrogens is 212 g/mol. The first kappa shape index (κ1) is 11.3. The van der Waals surface area contributed by atoms with E-state index in [1.807, 2.05) is 18.2 Å². The van der Waals surface area contributed by atoms with Crippen molar-refractivity contribution >= 4 is 11.5 Å². The number of hydrogen-bond acceptors (Lipinski definition) is 4. The van der Waals surface area contributed by atoms with Crippen LogP contribution in [0, 0.1) is 17.2 Å². The molecule has 0 saturated carbocycles. The molecule has 0 aromatic heterocycles. The first-order valence-electron chi connectivity index (χ1n) is 5.65. The van der Waals surface area contributed by atoms with Crippen molar-refractivity contribution in [3.05, 3.63) is 35.4 Å². The van der Waals surface area contributed by atoms with Crippen LogP contribution in [0.25, 0.3) is 0 Å². The van der Waals surface area contributed by atoms with Gasteiger partial charge in [-0.1, -0.05) is 19.1 Å². The van der Waals surface area contributed by atoms with Crippen LogP contribution in [0.15, 0.2) is 34.5 Å². The molecule has 0 radical (unpaired) electrons. The molecule has 1 heterocycles. The van der Waals surface area contributed by atoms with Gasteiger partial charge in [0.15, 0.2) is 0 Å². The zero-order valence-electron chi connectivity index (χ0n) is 9.72. The highest BCUT2D eigenvalue weighted by atomic mass is 15.2. The molecule has 0 aliphatic carbocycles. The standard InChI is InChI=1S/C13H14N4/c1-2-10-7-12(15)16-17-13(10)11-5-3-4-9(6-11)8-14/h3-6,10H,2,7H2,1H3,(H2,15,16). The van der Waals surface area contributed by atoms with E-state index >= 15 is 0 Å². The quantitative estimate of drug-likeness (QED) is 0.838. The molecular formula is C13H14N4. The first-order chi connectivity index (χ1) is 8.24. The van der Waals surface area contributed by atoms with Gasteiger partial charge in [-0.3, -0.25) is 0 Å². The summed E-state index contributed by atoms with van der Waals surface area (Å²) in [5.74, 6) is 0.874. The molecule has 1 aliphatic heterocycles. The van der Waals surface area contributed by atoms with Gasteiger partial charge in [0, 0.05) is 12.3 Å². The Labute approximate surface area is 100 Å². The van der Waals surface area contributed by atoms with Crippen LogP contribution in [0.2, 0.25) is 0 Å². The Morgan fingerprint density at radius 2 is 2.29 bits per heavy atom. The van der Waals surface area contributed by atoms with Crippen LogP contribution in [-0.4, -0.2) is 11.5 Å². The Balaban J connectivity index is 2.41. The summed E-state index contributed by atoms with van der Waals surface area (Å²) in [7, 11) is 0. The van der Waals surface area contributed by atoms with Crippen molar-refractivity contribution in [1.82, 2.24) is 0 Å². The van der Waals surface area contributed by atoms with Crippen LogP contribution >= 0.6 is 0 Å². The summed E-state index contributed by atoms with van der Waals surface area (Å²) in [4.78, 5) is 0. The van der Waals surface area contributed by atoms with Gasteiger partial charge < -0.3 is 5.73 Å². The molecule has 1 aromatic rings. The molecule has 2 rings (SSSR count). The Morgan fingerprint density at radius 3 is 3.00 bits per heavy atom. The minimum Gasteiger partial charge on any atom is -0.386 e. The van der Waals surface area contributed by atoms with Gasteiger partial charge in [0.25, 0.3) is 0 Å². The van der Waals surface area contributed by atoms with Gasteiger partial charge in [-0.25, -0.2) is 0 Å². The normalized spacial score (nSPS) is 19.2. The summed E-state index contributed by atoms with van der Waals surface area (Å²) >= 11 is 0. The second kappa shape index (κ2) is 4.79. The molecule has 0 saturated heterocycles. The number of amidine groups is 1. The first-order valence-corrected chi connectivity index (χ1v) is 5.65. The van der Waals surface area contributed by atoms with Gasteiger partial charge in [-0.15, -0.1) is 5.10 Å². The van der Waals surface area contributed by atoms with E-state index in [9.17, 15) is 0 Å². The van der Waals surface area contributed by atoms with Crippen LogP contribution in [0.5, 0.6) is 0 Å². The summed E-state index contributed by atoms with van der Waals surface area (Å²) < 4.78 is 0. The molecule has 1 aliphatic rings. The summed E-state index contributed by atoms with van der Waals surface area (Å²) in [6.07, 6.45) is 1.71. The van der Waals surface area contributed by atoms with Crippen LogP contribution in [-0.2, 0) is 0 Å². The van der Waals surface area contributed by atoms with E-state index in [1.165, 1.54) is 0 Å². The van der Waals surface area contributed by atoms with E-state index in [0.29, 0.717) is 17.3 Å². The topological polar surface area (TPSA) is 74.5 Å². The maximum absolute atomic E-state index is 8.89. The van der Waals surface area contributed by atoms with E-state index in [4.69, 9.17) is 11.0 Å². The summed E-state index contributed by atoms with van der Waals surface area (Å²) in [6, 6.07) is 9.59. The van der Waals surface area contributed by atoms with Crippen molar-refractivity contribution in [2.75, 3.05) is 0 Å². The number of nitrogens with zero attached hydrogens (tertiary/aromatic N) is 3. The molecule has 86 valence electrons. The van der Waals surface area contributed by atoms with Gasteiger partial charge in [-0.05, 0) is 24.1 Å². The molecule has 1 atom stereocenters. The fraction of sp³-hybridized carbons (Fsp3) is 0.308. The predicted octanol–water partition coefficient (Wildman–Crippen LogP) is 2.05. The number of nitriles is 1. The van der Waals surface area contributed by atoms with Crippen molar-refractivity contribution in [2.45, 2.75) is 19.8 Å². The predicted molar refractivity (Wildman–Crippen MR) is 67.7 cm³/mol. The third-order valence-corrected chi connectivity index (χ3v) is 2.91. The monoisotopic (exact) mass is 226 g/mol. The lowest BCUT2D eigenvalue weighted by molar-refractivity contribution is 0.677. The van der Waals surface area contributed by atoms with Gasteiger partial charge in [0.05, 0.1) is 17.3 Å². The van der Waals surface area contributed by atoms with E-state index in [-0.39, 0.29) is 0 Å². The minimum atomic E-state index is 0.293. The lowest BCUT2D eigenvalue weighted by Gasteiger charge is -2.19. The summed E-state index contributed by atoms with van der Waals surface area (Å²) in [6.45, 7) is 2.10. The highest BCUT2D eigenvalue weighted by Crippen LogP contribution is 2.21. The van der Waals surface area contributed by atoms with Crippen molar-refractivity contribution in [3.63, 3.8) is 0 Å². The zero-order chi connectivity index (χ0) is 12.3. The zero-order valence-corrected chi connectivity index (χ0v) is 9.72. The highest BCUT2D eigenvalue weighted by molar-refractivity contribution is 6.06. The van der Waals surface area contributed by atoms with Crippen LogP contribution in [0.3, 0.4) is 0 Å². The fourth-order valence-corrected chi connectivity index (χ4v) is 1.97. The molecule has 4 nitrogen and oxygen atoms in total.